The Balaban J connectivity index is 2.86. The van der Waals surface area contributed by atoms with Crippen LogP contribution in [0.2, 0.25) is 18.1 Å². The van der Waals surface area contributed by atoms with Gasteiger partial charge in [-0.15, -0.1) is 4.72 Å². The Hall–Kier alpha value is -0.263. The minimum atomic E-state index is -2.99. The van der Waals surface area contributed by atoms with E-state index in [1.807, 2.05) is 0 Å². The van der Waals surface area contributed by atoms with E-state index in [2.05, 4.69) is 57.2 Å². The monoisotopic (exact) mass is 626 g/mol. The number of nitrogens with zero attached hydrogens (tertiary/aromatic N) is 2. The molecule has 6 nitrogen and oxygen atoms in total. The number of pyridine rings is 1. The molecule has 206 valence electrons. The largest absolute Gasteiger partial charge is 0.598 e. The normalized spacial score (nSPS) is 27.5. The summed E-state index contributed by atoms with van der Waals surface area (Å²) in [5.74, 6) is -0.954. The van der Waals surface area contributed by atoms with Crippen LogP contribution in [-0.2, 0) is 16.9 Å². The average molecular weight is 628 g/mol. The van der Waals surface area contributed by atoms with Crippen LogP contribution in [0.25, 0.3) is 0 Å². The van der Waals surface area contributed by atoms with Crippen molar-refractivity contribution in [2.75, 3.05) is 19.0 Å². The third-order valence-electron chi connectivity index (χ3n) is 7.66. The van der Waals surface area contributed by atoms with E-state index in [9.17, 15) is 14.4 Å². The van der Waals surface area contributed by atoms with E-state index in [0.717, 1.165) is 18.1 Å². The van der Waals surface area contributed by atoms with E-state index < -0.39 is 57.5 Å². The standard InChI is InChI=1S/C24H41BrF2N4O2S2Si/c1-8-36(9-2,10-3)18-14-19(25)30-21(20(18)27)24(15-26,31-34(32)22(4,5)6)17-35(33)23(7,16-28)12-11-13-29-35/h14,29,31,33H,8-13,15,17H2,1-7H3/t23-,24?,34?/m1/s1. The van der Waals surface area contributed by atoms with Crippen molar-refractivity contribution in [1.29, 1.82) is 5.26 Å². The maximum atomic E-state index is 16.6. The van der Waals surface area contributed by atoms with Crippen LogP contribution in [0.15, 0.2) is 10.7 Å². The summed E-state index contributed by atoms with van der Waals surface area (Å²) >= 11 is 1.61. The van der Waals surface area contributed by atoms with Crippen molar-refractivity contribution in [1.82, 2.24) is 14.4 Å². The number of nitriles is 1. The number of aromatic nitrogens is 1. The highest BCUT2D eigenvalue weighted by atomic mass is 79.9. The smallest absolute Gasteiger partial charge is 0.147 e. The first kappa shape index (κ1) is 32.0. The van der Waals surface area contributed by atoms with Gasteiger partial charge >= 0.3 is 0 Å². The molecule has 36 heavy (non-hydrogen) atoms. The highest BCUT2D eigenvalue weighted by Gasteiger charge is 2.55. The Bertz CT molecular complexity index is 970. The molecule has 0 aromatic carbocycles. The van der Waals surface area contributed by atoms with Gasteiger partial charge in [0.15, 0.2) is 0 Å². The summed E-state index contributed by atoms with van der Waals surface area (Å²) in [5.41, 5.74) is -2.12. The Kier molecular flexibility index (Phi) is 10.5. The molecule has 0 saturated carbocycles. The van der Waals surface area contributed by atoms with Gasteiger partial charge in [0.25, 0.3) is 0 Å². The van der Waals surface area contributed by atoms with Gasteiger partial charge in [-0.2, -0.15) is 5.26 Å². The first-order chi connectivity index (χ1) is 16.6. The second-order valence-electron chi connectivity index (χ2n) is 10.9. The lowest BCUT2D eigenvalue weighted by molar-refractivity contribution is 0.288. The van der Waals surface area contributed by atoms with E-state index in [1.54, 1.807) is 33.8 Å². The van der Waals surface area contributed by atoms with Crippen molar-refractivity contribution >= 4 is 51.0 Å². The molecule has 1 aromatic heterocycles. The molecule has 1 fully saturated rings. The molecule has 0 bridgehead atoms. The summed E-state index contributed by atoms with van der Waals surface area (Å²) in [6, 6.07) is 6.34. The average Bonchev–Trinajstić information content (AvgIpc) is 2.83. The van der Waals surface area contributed by atoms with Gasteiger partial charge in [0.1, 0.15) is 37.8 Å². The minimum Gasteiger partial charge on any atom is -0.598 e. The lowest BCUT2D eigenvalue weighted by Crippen LogP contribution is -2.60. The fourth-order valence-electron chi connectivity index (χ4n) is 4.82. The molecule has 0 aliphatic carbocycles. The molecule has 1 aliphatic heterocycles. The zero-order chi connectivity index (χ0) is 27.6. The van der Waals surface area contributed by atoms with Crippen LogP contribution in [-0.4, -0.2) is 50.6 Å². The van der Waals surface area contributed by atoms with Crippen molar-refractivity contribution in [3.63, 3.8) is 0 Å². The first-order valence-electron chi connectivity index (χ1n) is 12.4. The van der Waals surface area contributed by atoms with Crippen LogP contribution in [0.4, 0.5) is 8.78 Å². The van der Waals surface area contributed by atoms with Crippen molar-refractivity contribution in [2.24, 2.45) is 0 Å². The van der Waals surface area contributed by atoms with Gasteiger partial charge in [0.2, 0.25) is 0 Å². The van der Waals surface area contributed by atoms with Crippen LogP contribution in [0.1, 0.15) is 67.0 Å². The number of hydrogen-bond donors (Lipinski definition) is 3. The van der Waals surface area contributed by atoms with Crippen molar-refractivity contribution in [3.8, 4) is 6.07 Å². The van der Waals surface area contributed by atoms with Crippen molar-refractivity contribution in [2.45, 2.75) is 94.5 Å². The highest BCUT2D eigenvalue weighted by molar-refractivity contribution is 9.10. The van der Waals surface area contributed by atoms with Gasteiger partial charge in [0.05, 0.1) is 14.1 Å². The lowest BCUT2D eigenvalue weighted by Gasteiger charge is -2.52. The van der Waals surface area contributed by atoms with E-state index in [0.29, 0.717) is 29.2 Å². The molecule has 4 atom stereocenters. The molecule has 3 N–H and O–H groups in total. The fraction of sp³-hybridized carbons (Fsp3) is 0.750. The van der Waals surface area contributed by atoms with Gasteiger partial charge in [-0.05, 0) is 67.7 Å². The third kappa shape index (κ3) is 5.98. The summed E-state index contributed by atoms with van der Waals surface area (Å²) in [5, 5.41) is 10.5. The van der Waals surface area contributed by atoms with Crippen LogP contribution in [0.5, 0.6) is 0 Å². The van der Waals surface area contributed by atoms with E-state index in [-0.39, 0.29) is 11.4 Å². The number of nitrogens with one attached hydrogen (secondary N) is 2. The predicted molar refractivity (Wildman–Crippen MR) is 154 cm³/mol. The van der Waals surface area contributed by atoms with Gasteiger partial charge in [-0.1, -0.05) is 49.4 Å². The molecular formula is C24H41BrF2N4O2S2Si. The number of rotatable bonds is 10. The Morgan fingerprint density at radius 3 is 2.42 bits per heavy atom. The maximum absolute atomic E-state index is 16.6. The number of hydrogen-bond acceptors (Lipinski definition) is 6. The molecule has 12 heteroatoms. The van der Waals surface area contributed by atoms with Gasteiger partial charge < -0.3 is 9.11 Å². The maximum Gasteiger partial charge on any atom is 0.147 e. The van der Waals surface area contributed by atoms with Crippen LogP contribution in [0, 0.1) is 17.1 Å². The molecule has 1 aromatic rings. The second kappa shape index (κ2) is 11.9. The molecule has 2 heterocycles. The Labute approximate surface area is 229 Å². The van der Waals surface area contributed by atoms with E-state index in [1.165, 1.54) is 0 Å². The molecule has 1 aliphatic rings. The molecular weight excluding hydrogens is 586 g/mol. The zero-order valence-electron chi connectivity index (χ0n) is 22.4. The zero-order valence-corrected chi connectivity index (χ0v) is 26.7. The summed E-state index contributed by atoms with van der Waals surface area (Å²) in [6.45, 7) is 12.3. The lowest BCUT2D eigenvalue weighted by atomic mass is 9.99. The number of alkyl halides is 1. The van der Waals surface area contributed by atoms with Crippen molar-refractivity contribution < 1.29 is 17.9 Å². The molecule has 0 amide bonds. The topological polar surface area (TPSA) is 104 Å². The van der Waals surface area contributed by atoms with Crippen molar-refractivity contribution in [3.05, 3.63) is 22.2 Å². The van der Waals surface area contributed by atoms with Gasteiger partial charge in [0, 0.05) is 23.7 Å². The summed E-state index contributed by atoms with van der Waals surface area (Å²) in [6.07, 6.45) is 1.10. The Morgan fingerprint density at radius 2 is 1.94 bits per heavy atom. The molecule has 1 saturated heterocycles. The van der Waals surface area contributed by atoms with Gasteiger partial charge in [-0.3, -0.25) is 4.72 Å². The van der Waals surface area contributed by atoms with E-state index in [4.69, 9.17) is 0 Å². The Morgan fingerprint density at radius 1 is 1.36 bits per heavy atom. The number of halogens is 3. The quantitative estimate of drug-likeness (QED) is 0.173. The van der Waals surface area contributed by atoms with Crippen LogP contribution < -0.4 is 14.6 Å². The summed E-state index contributed by atoms with van der Waals surface area (Å²) in [4.78, 5) is 4.42. The van der Waals surface area contributed by atoms with Gasteiger partial charge in [-0.25, -0.2) is 13.8 Å². The summed E-state index contributed by atoms with van der Waals surface area (Å²) < 4.78 is 61.5. The highest BCUT2D eigenvalue weighted by Crippen LogP contribution is 2.59. The predicted octanol–water partition coefficient (Wildman–Crippen LogP) is 5.77. The third-order valence-corrected chi connectivity index (χ3v) is 18.7. The second-order valence-corrected chi connectivity index (χ2v) is 21.8. The molecule has 3 unspecified atom stereocenters. The van der Waals surface area contributed by atoms with E-state index >= 15 is 8.78 Å². The van der Waals surface area contributed by atoms with Crippen LogP contribution in [0.3, 0.4) is 0 Å². The first-order valence-corrected chi connectivity index (χ1v) is 18.8. The SMILES string of the molecule is CC[Si](CC)(CC)c1cc(Br)nc(C(CF)(CS2(O)NCCC[C@]2(C)C#N)N[S+]([O-])C(C)(C)C)c1F. The fourth-order valence-corrected chi connectivity index (χ4v) is 12.9. The molecule has 2 rings (SSSR count). The molecule has 0 spiro atoms. The molecule has 0 radical (unpaired) electrons. The van der Waals surface area contributed by atoms with Crippen LogP contribution >= 0.6 is 26.4 Å². The minimum absolute atomic E-state index is 0.201. The summed E-state index contributed by atoms with van der Waals surface area (Å²) in [7, 11) is -5.26.